The van der Waals surface area contributed by atoms with Crippen LogP contribution in [0.25, 0.3) is 0 Å². The summed E-state index contributed by atoms with van der Waals surface area (Å²) in [5.41, 5.74) is 2.99. The fourth-order valence-electron chi connectivity index (χ4n) is 2.87. The molecule has 1 saturated carbocycles. The van der Waals surface area contributed by atoms with E-state index in [1.54, 1.807) is 7.11 Å². The summed E-state index contributed by atoms with van der Waals surface area (Å²) in [5.74, 6) is 1.33. The number of amides is 2. The molecule has 0 saturated heterocycles. The fraction of sp³-hybridized carbons (Fsp3) is 0.350. The smallest absolute Gasteiger partial charge is 0.319 e. The van der Waals surface area contributed by atoms with Gasteiger partial charge in [0.25, 0.3) is 0 Å². The van der Waals surface area contributed by atoms with E-state index < -0.39 is 0 Å². The van der Waals surface area contributed by atoms with Crippen LogP contribution in [0.4, 0.5) is 16.2 Å². The van der Waals surface area contributed by atoms with Crippen LogP contribution >= 0.6 is 0 Å². The molecule has 0 unspecified atom stereocenters. The van der Waals surface area contributed by atoms with E-state index in [1.165, 1.54) is 0 Å². The van der Waals surface area contributed by atoms with Crippen molar-refractivity contribution in [2.45, 2.75) is 18.9 Å². The van der Waals surface area contributed by atoms with E-state index in [-0.39, 0.29) is 12.1 Å². The van der Waals surface area contributed by atoms with Crippen molar-refractivity contribution in [3.63, 3.8) is 0 Å². The molecular formula is C20H25N3O2. The molecule has 1 aliphatic rings. The average Bonchev–Trinajstić information content (AvgIpc) is 3.45. The summed E-state index contributed by atoms with van der Waals surface area (Å²) in [5, 5.41) is 6.04. The molecule has 0 aromatic heterocycles. The van der Waals surface area contributed by atoms with Gasteiger partial charge in [-0.25, -0.2) is 4.79 Å². The highest BCUT2D eigenvalue weighted by Crippen LogP contribution is 2.41. The molecule has 0 aliphatic heterocycles. The van der Waals surface area contributed by atoms with E-state index in [4.69, 9.17) is 4.74 Å². The number of carbonyl (C=O) groups is 1. The van der Waals surface area contributed by atoms with E-state index >= 15 is 0 Å². The third kappa shape index (κ3) is 4.44. The predicted molar refractivity (Wildman–Crippen MR) is 101 cm³/mol. The molecule has 132 valence electrons. The molecule has 2 N–H and O–H groups in total. The molecular weight excluding hydrogens is 314 g/mol. The lowest BCUT2D eigenvalue weighted by molar-refractivity contribution is 0.247. The zero-order valence-corrected chi connectivity index (χ0v) is 15.0. The largest absolute Gasteiger partial charge is 0.497 e. The molecule has 3 rings (SSSR count). The van der Waals surface area contributed by atoms with Crippen molar-refractivity contribution in [2.75, 3.05) is 31.4 Å². The van der Waals surface area contributed by atoms with Crippen molar-refractivity contribution in [3.8, 4) is 5.75 Å². The molecule has 1 aliphatic carbocycles. The van der Waals surface area contributed by atoms with E-state index in [0.29, 0.717) is 5.92 Å². The molecule has 5 heteroatoms. The SMILES string of the molecule is COc1ccc([C@H](NC(=O)Nc2ccc(N(C)C)cc2)C2CC2)cc1. The Morgan fingerprint density at radius 2 is 1.72 bits per heavy atom. The van der Waals surface area contributed by atoms with Crippen LogP contribution in [0.3, 0.4) is 0 Å². The number of urea groups is 1. The standard InChI is InChI=1S/C20H25N3O2/c1-23(2)17-10-8-16(9-11-17)21-20(24)22-19(14-4-5-14)15-6-12-18(25-3)13-7-15/h6-14,19H,4-5H2,1-3H3,(H2,21,22,24)/t19-/m1/s1. The maximum absolute atomic E-state index is 12.4. The lowest BCUT2D eigenvalue weighted by Crippen LogP contribution is -2.33. The van der Waals surface area contributed by atoms with E-state index in [2.05, 4.69) is 10.6 Å². The Bertz CT molecular complexity index is 707. The Balaban J connectivity index is 1.64. The van der Waals surface area contributed by atoms with Gasteiger partial charge in [0, 0.05) is 25.5 Å². The highest BCUT2D eigenvalue weighted by molar-refractivity contribution is 5.89. The first-order valence-electron chi connectivity index (χ1n) is 8.55. The molecule has 0 heterocycles. The number of hydrogen-bond donors (Lipinski definition) is 2. The Morgan fingerprint density at radius 3 is 2.24 bits per heavy atom. The molecule has 2 amide bonds. The summed E-state index contributed by atoms with van der Waals surface area (Å²) in [7, 11) is 5.63. The van der Waals surface area contributed by atoms with Crippen molar-refractivity contribution in [3.05, 3.63) is 54.1 Å². The zero-order chi connectivity index (χ0) is 17.8. The summed E-state index contributed by atoms with van der Waals surface area (Å²) in [6.45, 7) is 0. The summed E-state index contributed by atoms with van der Waals surface area (Å²) in [6, 6.07) is 15.6. The number of hydrogen-bond acceptors (Lipinski definition) is 3. The van der Waals surface area contributed by atoms with Crippen molar-refractivity contribution in [2.24, 2.45) is 5.92 Å². The van der Waals surface area contributed by atoms with E-state index in [0.717, 1.165) is 35.5 Å². The first-order valence-corrected chi connectivity index (χ1v) is 8.55. The van der Waals surface area contributed by atoms with Gasteiger partial charge in [0.1, 0.15) is 5.75 Å². The maximum Gasteiger partial charge on any atom is 0.319 e. The average molecular weight is 339 g/mol. The summed E-state index contributed by atoms with van der Waals surface area (Å²) in [4.78, 5) is 14.4. The Labute approximate surface area is 149 Å². The molecule has 5 nitrogen and oxygen atoms in total. The molecule has 0 bridgehead atoms. The van der Waals surface area contributed by atoms with Crippen LogP contribution in [0.2, 0.25) is 0 Å². The molecule has 0 spiro atoms. The quantitative estimate of drug-likeness (QED) is 0.835. The van der Waals surface area contributed by atoms with Gasteiger partial charge in [-0.3, -0.25) is 0 Å². The second-order valence-corrected chi connectivity index (χ2v) is 6.63. The monoisotopic (exact) mass is 339 g/mol. The summed E-state index contributed by atoms with van der Waals surface area (Å²) in [6.07, 6.45) is 2.29. The van der Waals surface area contributed by atoms with Crippen LogP contribution in [0.5, 0.6) is 5.75 Å². The molecule has 2 aromatic rings. The number of anilines is 2. The number of carbonyl (C=O) groups excluding carboxylic acids is 1. The Morgan fingerprint density at radius 1 is 1.08 bits per heavy atom. The third-order valence-corrected chi connectivity index (χ3v) is 4.50. The lowest BCUT2D eigenvalue weighted by atomic mass is 10.0. The van der Waals surface area contributed by atoms with Gasteiger partial charge in [0.2, 0.25) is 0 Å². The second kappa shape index (κ2) is 7.47. The van der Waals surface area contributed by atoms with Crippen LogP contribution in [-0.2, 0) is 0 Å². The normalized spacial score (nSPS) is 14.5. The van der Waals surface area contributed by atoms with Crippen LogP contribution < -0.4 is 20.3 Å². The van der Waals surface area contributed by atoms with Gasteiger partial charge in [0.05, 0.1) is 13.2 Å². The number of nitrogens with zero attached hydrogens (tertiary/aromatic N) is 1. The molecule has 0 radical (unpaired) electrons. The molecule has 2 aromatic carbocycles. The van der Waals surface area contributed by atoms with Crippen molar-refractivity contribution >= 4 is 17.4 Å². The highest BCUT2D eigenvalue weighted by Gasteiger charge is 2.33. The van der Waals surface area contributed by atoms with Crippen molar-refractivity contribution < 1.29 is 9.53 Å². The number of benzene rings is 2. The minimum Gasteiger partial charge on any atom is -0.497 e. The zero-order valence-electron chi connectivity index (χ0n) is 15.0. The van der Waals surface area contributed by atoms with Gasteiger partial charge >= 0.3 is 6.03 Å². The van der Waals surface area contributed by atoms with Crippen LogP contribution in [0, 0.1) is 5.92 Å². The number of ether oxygens (including phenoxy) is 1. The molecule has 25 heavy (non-hydrogen) atoms. The fourth-order valence-corrected chi connectivity index (χ4v) is 2.87. The second-order valence-electron chi connectivity index (χ2n) is 6.63. The molecule has 1 atom stereocenters. The predicted octanol–water partition coefficient (Wildman–Crippen LogP) is 4.03. The van der Waals surface area contributed by atoms with Crippen molar-refractivity contribution in [1.29, 1.82) is 0 Å². The Hall–Kier alpha value is -2.69. The number of nitrogens with one attached hydrogen (secondary N) is 2. The summed E-state index contributed by atoms with van der Waals surface area (Å²) < 4.78 is 5.21. The maximum atomic E-state index is 12.4. The number of methoxy groups -OCH3 is 1. The minimum absolute atomic E-state index is 0.0342. The first kappa shape index (κ1) is 17.1. The van der Waals surface area contributed by atoms with Gasteiger partial charge in [-0.15, -0.1) is 0 Å². The van der Waals surface area contributed by atoms with Crippen molar-refractivity contribution in [1.82, 2.24) is 5.32 Å². The van der Waals surface area contributed by atoms with Gasteiger partial charge in [-0.1, -0.05) is 12.1 Å². The topological polar surface area (TPSA) is 53.6 Å². The van der Waals surface area contributed by atoms with Gasteiger partial charge in [-0.2, -0.15) is 0 Å². The minimum atomic E-state index is -0.176. The van der Waals surface area contributed by atoms with E-state index in [9.17, 15) is 4.79 Å². The van der Waals surface area contributed by atoms with Gasteiger partial charge < -0.3 is 20.3 Å². The van der Waals surface area contributed by atoms with Gasteiger partial charge in [-0.05, 0) is 60.7 Å². The first-order chi connectivity index (χ1) is 12.1. The number of rotatable bonds is 6. The van der Waals surface area contributed by atoms with Crippen LogP contribution in [0.1, 0.15) is 24.4 Å². The Kier molecular flexibility index (Phi) is 5.12. The summed E-state index contributed by atoms with van der Waals surface area (Å²) >= 11 is 0. The van der Waals surface area contributed by atoms with Gasteiger partial charge in [0.15, 0.2) is 0 Å². The molecule has 1 fully saturated rings. The lowest BCUT2D eigenvalue weighted by Gasteiger charge is -2.20. The van der Waals surface area contributed by atoms with Crippen LogP contribution in [0.15, 0.2) is 48.5 Å². The third-order valence-electron chi connectivity index (χ3n) is 4.50. The van der Waals surface area contributed by atoms with Crippen LogP contribution in [-0.4, -0.2) is 27.2 Å². The highest BCUT2D eigenvalue weighted by atomic mass is 16.5. The van der Waals surface area contributed by atoms with E-state index in [1.807, 2.05) is 67.5 Å².